The molecular weight excluding hydrogens is 355 g/mol. The van der Waals surface area contributed by atoms with E-state index >= 15 is 0 Å². The number of fused-ring (bicyclic) bond motifs is 2. The number of hydrogen-bond acceptors (Lipinski definition) is 4. The molecule has 1 aromatic heterocycles. The molecule has 1 saturated heterocycles. The zero-order chi connectivity index (χ0) is 19.1. The van der Waals surface area contributed by atoms with E-state index in [0.717, 1.165) is 6.07 Å². The summed E-state index contributed by atoms with van der Waals surface area (Å²) in [6.45, 7) is 1.93. The molecule has 2 N–H and O–H groups in total. The largest absolute Gasteiger partial charge is 0.481 e. The first-order valence-electron chi connectivity index (χ1n) is 8.14. The minimum absolute atomic E-state index is 0.198. The van der Waals surface area contributed by atoms with Gasteiger partial charge in [0.15, 0.2) is 5.69 Å². The lowest BCUT2D eigenvalue weighted by atomic mass is 9.82. The monoisotopic (exact) mass is 373 g/mol. The molecule has 0 aliphatic carbocycles. The van der Waals surface area contributed by atoms with Gasteiger partial charge in [0.05, 0.1) is 18.1 Å². The molecule has 2 aliphatic heterocycles. The molecule has 2 bridgehead atoms. The third kappa shape index (κ3) is 3.46. The quantitative estimate of drug-likeness (QED) is 0.580. The number of nitrogens with one attached hydrogen (secondary N) is 1. The van der Waals surface area contributed by atoms with Crippen molar-refractivity contribution in [2.45, 2.75) is 38.3 Å². The van der Waals surface area contributed by atoms with Crippen LogP contribution in [0.2, 0.25) is 0 Å². The first-order valence-corrected chi connectivity index (χ1v) is 8.14. The van der Waals surface area contributed by atoms with Crippen LogP contribution in [0.15, 0.2) is 18.2 Å². The molecule has 3 heterocycles. The number of alkyl halides is 3. The molecule has 1 amide bonds. The van der Waals surface area contributed by atoms with Gasteiger partial charge in [-0.1, -0.05) is 12.2 Å². The Balaban J connectivity index is 1.51. The van der Waals surface area contributed by atoms with Crippen LogP contribution in [-0.4, -0.2) is 45.5 Å². The van der Waals surface area contributed by atoms with E-state index in [-0.39, 0.29) is 13.1 Å². The van der Waals surface area contributed by atoms with E-state index in [1.807, 2.05) is 0 Å². The van der Waals surface area contributed by atoms with Crippen molar-refractivity contribution in [2.75, 3.05) is 6.54 Å². The van der Waals surface area contributed by atoms with Gasteiger partial charge < -0.3 is 15.2 Å². The third-order valence-electron chi connectivity index (χ3n) is 4.60. The van der Waals surface area contributed by atoms with E-state index in [1.54, 1.807) is 12.2 Å². The highest BCUT2D eigenvalue weighted by Crippen LogP contribution is 2.39. The maximum atomic E-state index is 12.6. The minimum atomic E-state index is -4.49. The number of ether oxygens (including phenoxy) is 1. The standard InChI is InChI=1S/C16H18F3N3O4/c1-8-7-11(16(17,18)19)21-22(8)6-2-5-20-14(23)12-9-3-4-10(26-9)13(12)15(24)25/h3-4,7,9-10,12-13H,2,5-6H2,1H3,(H,20,23)(H,24,25)/t9-,10+,12+,13+/m1/s1. The Morgan fingerprint density at radius 2 is 1.96 bits per heavy atom. The van der Waals surface area contributed by atoms with Crippen molar-refractivity contribution < 1.29 is 32.6 Å². The maximum Gasteiger partial charge on any atom is 0.435 e. The lowest BCUT2D eigenvalue weighted by Crippen LogP contribution is -2.42. The fraction of sp³-hybridized carbons (Fsp3) is 0.562. The highest BCUT2D eigenvalue weighted by atomic mass is 19.4. The molecule has 10 heteroatoms. The van der Waals surface area contributed by atoms with Gasteiger partial charge in [-0.15, -0.1) is 0 Å². The van der Waals surface area contributed by atoms with Crippen LogP contribution in [-0.2, 0) is 27.0 Å². The van der Waals surface area contributed by atoms with E-state index in [1.165, 1.54) is 11.6 Å². The van der Waals surface area contributed by atoms with E-state index in [0.29, 0.717) is 12.1 Å². The maximum absolute atomic E-state index is 12.6. The molecule has 7 nitrogen and oxygen atoms in total. The van der Waals surface area contributed by atoms with Crippen molar-refractivity contribution >= 4 is 11.9 Å². The van der Waals surface area contributed by atoms with Crippen molar-refractivity contribution in [3.05, 3.63) is 29.6 Å². The van der Waals surface area contributed by atoms with Gasteiger partial charge >= 0.3 is 12.1 Å². The van der Waals surface area contributed by atoms with Crippen LogP contribution in [0.25, 0.3) is 0 Å². The fourth-order valence-electron chi connectivity index (χ4n) is 3.35. The number of nitrogens with zero attached hydrogens (tertiary/aromatic N) is 2. The number of carboxylic acid groups (broad SMARTS) is 1. The summed E-state index contributed by atoms with van der Waals surface area (Å²) in [7, 11) is 0. The first kappa shape index (κ1) is 18.4. The van der Waals surface area contributed by atoms with Crippen LogP contribution in [0.5, 0.6) is 0 Å². The number of amides is 1. The van der Waals surface area contributed by atoms with E-state index in [4.69, 9.17) is 4.74 Å². The predicted octanol–water partition coefficient (Wildman–Crippen LogP) is 1.37. The SMILES string of the molecule is Cc1cc(C(F)(F)F)nn1CCCNC(=O)[C@@H]1[C@@H](C(=O)O)[C@@H]2C=C[C@H]1O2. The first-order chi connectivity index (χ1) is 12.2. The molecule has 0 unspecified atom stereocenters. The molecule has 0 saturated carbocycles. The van der Waals surface area contributed by atoms with E-state index in [2.05, 4.69) is 10.4 Å². The van der Waals surface area contributed by atoms with Crippen molar-refractivity contribution in [1.82, 2.24) is 15.1 Å². The predicted molar refractivity (Wildman–Crippen MR) is 82.0 cm³/mol. The number of halogens is 3. The number of aliphatic carboxylic acids is 1. The molecule has 1 fully saturated rings. The Morgan fingerprint density at radius 3 is 2.54 bits per heavy atom. The summed E-state index contributed by atoms with van der Waals surface area (Å²) in [5, 5.41) is 15.4. The van der Waals surface area contributed by atoms with Crippen LogP contribution in [0, 0.1) is 18.8 Å². The van der Waals surface area contributed by atoms with Crippen molar-refractivity contribution in [3.63, 3.8) is 0 Å². The van der Waals surface area contributed by atoms with Crippen LogP contribution in [0.3, 0.4) is 0 Å². The second kappa shape index (κ2) is 6.75. The molecule has 142 valence electrons. The number of hydrogen-bond donors (Lipinski definition) is 2. The van der Waals surface area contributed by atoms with Gasteiger partial charge in [0, 0.05) is 18.8 Å². The summed E-state index contributed by atoms with van der Waals surface area (Å²) in [5.41, 5.74) is -0.574. The molecule has 2 aliphatic rings. The Kier molecular flexibility index (Phi) is 4.78. The highest BCUT2D eigenvalue weighted by Gasteiger charge is 2.53. The van der Waals surface area contributed by atoms with Gasteiger partial charge in [-0.3, -0.25) is 14.3 Å². The average Bonchev–Trinajstić information content (AvgIpc) is 3.24. The lowest BCUT2D eigenvalue weighted by molar-refractivity contribution is -0.146. The topological polar surface area (TPSA) is 93.5 Å². The Hall–Kier alpha value is -2.36. The second-order valence-corrected chi connectivity index (χ2v) is 6.38. The smallest absolute Gasteiger partial charge is 0.435 e. The lowest BCUT2D eigenvalue weighted by Gasteiger charge is -2.21. The molecular formula is C16H18F3N3O4. The highest BCUT2D eigenvalue weighted by molar-refractivity contribution is 5.87. The van der Waals surface area contributed by atoms with Gasteiger partial charge in [-0.25, -0.2) is 0 Å². The average molecular weight is 373 g/mol. The summed E-state index contributed by atoms with van der Waals surface area (Å²) >= 11 is 0. The summed E-state index contributed by atoms with van der Waals surface area (Å²) in [5.74, 6) is -3.24. The summed E-state index contributed by atoms with van der Waals surface area (Å²) in [6, 6.07) is 0.967. The summed E-state index contributed by atoms with van der Waals surface area (Å²) < 4.78 is 44.5. The van der Waals surface area contributed by atoms with Crippen molar-refractivity contribution in [2.24, 2.45) is 11.8 Å². The third-order valence-corrected chi connectivity index (χ3v) is 4.60. The van der Waals surface area contributed by atoms with Gasteiger partial charge in [-0.2, -0.15) is 18.3 Å². The molecule has 3 rings (SSSR count). The van der Waals surface area contributed by atoms with E-state index in [9.17, 15) is 27.9 Å². The zero-order valence-corrected chi connectivity index (χ0v) is 13.9. The molecule has 26 heavy (non-hydrogen) atoms. The Morgan fingerprint density at radius 1 is 1.31 bits per heavy atom. The number of aromatic nitrogens is 2. The van der Waals surface area contributed by atoms with Crippen molar-refractivity contribution in [1.29, 1.82) is 0 Å². The van der Waals surface area contributed by atoms with E-state index < -0.39 is 47.8 Å². The van der Waals surface area contributed by atoms with Gasteiger partial charge in [0.2, 0.25) is 5.91 Å². The van der Waals surface area contributed by atoms with Gasteiger partial charge in [0.25, 0.3) is 0 Å². The molecule has 0 aromatic carbocycles. The minimum Gasteiger partial charge on any atom is -0.481 e. The summed E-state index contributed by atoms with van der Waals surface area (Å²) in [6.07, 6.45) is -1.96. The fourth-order valence-corrected chi connectivity index (χ4v) is 3.35. The van der Waals surface area contributed by atoms with Crippen molar-refractivity contribution in [3.8, 4) is 0 Å². The molecule has 1 aromatic rings. The van der Waals surface area contributed by atoms with Crippen LogP contribution >= 0.6 is 0 Å². The molecule has 4 atom stereocenters. The number of carboxylic acids is 1. The van der Waals surface area contributed by atoms with Crippen LogP contribution in [0.1, 0.15) is 17.8 Å². The van der Waals surface area contributed by atoms with Gasteiger partial charge in [0.1, 0.15) is 5.92 Å². The molecule has 0 spiro atoms. The number of carbonyl (C=O) groups is 2. The number of carbonyl (C=O) groups excluding carboxylic acids is 1. The van der Waals surface area contributed by atoms with Crippen LogP contribution in [0.4, 0.5) is 13.2 Å². The number of aryl methyl sites for hydroxylation is 2. The van der Waals surface area contributed by atoms with Gasteiger partial charge in [-0.05, 0) is 19.4 Å². The second-order valence-electron chi connectivity index (χ2n) is 6.38. The molecule has 0 radical (unpaired) electrons. The number of rotatable bonds is 6. The zero-order valence-electron chi connectivity index (χ0n) is 13.9. The Labute approximate surface area is 146 Å². The van der Waals surface area contributed by atoms with Crippen LogP contribution < -0.4 is 5.32 Å². The summed E-state index contributed by atoms with van der Waals surface area (Å²) in [4.78, 5) is 23.6. The Bertz CT molecular complexity index is 744. The normalized spacial score (nSPS) is 27.1.